The minimum absolute atomic E-state index is 0.154. The zero-order valence-corrected chi connectivity index (χ0v) is 11.6. The maximum atomic E-state index is 12.7. The van der Waals surface area contributed by atoms with E-state index in [0.717, 1.165) is 10.6 Å². The summed E-state index contributed by atoms with van der Waals surface area (Å²) < 4.78 is 43.9. The van der Waals surface area contributed by atoms with Crippen molar-refractivity contribution in [1.29, 1.82) is 0 Å². The van der Waals surface area contributed by atoms with Crippen LogP contribution in [-0.4, -0.2) is 17.1 Å². The van der Waals surface area contributed by atoms with Crippen LogP contribution in [0.1, 0.15) is 22.8 Å². The molecule has 0 spiro atoms. The molecule has 0 saturated carbocycles. The monoisotopic (exact) mass is 311 g/mol. The predicted octanol–water partition coefficient (Wildman–Crippen LogP) is 3.03. The molecule has 1 aromatic heterocycles. The van der Waals surface area contributed by atoms with E-state index in [1.54, 1.807) is 6.92 Å². The van der Waals surface area contributed by atoms with Crippen molar-refractivity contribution >= 4 is 5.97 Å². The summed E-state index contributed by atoms with van der Waals surface area (Å²) in [6.45, 7) is 1.81. The number of benzene rings is 1. The van der Waals surface area contributed by atoms with E-state index in [2.05, 4.69) is 0 Å². The first-order valence-electron chi connectivity index (χ1n) is 6.40. The Balaban J connectivity index is 2.50. The molecule has 7 heteroatoms. The van der Waals surface area contributed by atoms with Crippen molar-refractivity contribution in [2.75, 3.05) is 6.61 Å². The third-order valence-electron chi connectivity index (χ3n) is 2.87. The number of pyridine rings is 1. The number of rotatable bonds is 3. The second-order valence-electron chi connectivity index (χ2n) is 4.39. The molecule has 1 aromatic carbocycles. The molecule has 22 heavy (non-hydrogen) atoms. The Morgan fingerprint density at radius 3 is 2.59 bits per heavy atom. The largest absolute Gasteiger partial charge is 0.462 e. The van der Waals surface area contributed by atoms with Crippen LogP contribution in [0.25, 0.3) is 5.69 Å². The van der Waals surface area contributed by atoms with E-state index in [4.69, 9.17) is 4.74 Å². The van der Waals surface area contributed by atoms with Gasteiger partial charge in [-0.05, 0) is 31.2 Å². The van der Waals surface area contributed by atoms with Gasteiger partial charge in [0.1, 0.15) is 0 Å². The fraction of sp³-hybridized carbons (Fsp3) is 0.200. The molecule has 116 valence electrons. The number of esters is 1. The molecule has 2 aromatic rings. The van der Waals surface area contributed by atoms with Crippen LogP contribution in [0.15, 0.2) is 47.4 Å². The molecular weight excluding hydrogens is 299 g/mol. The van der Waals surface area contributed by atoms with Crippen LogP contribution in [0.3, 0.4) is 0 Å². The minimum atomic E-state index is -4.56. The second-order valence-corrected chi connectivity index (χ2v) is 4.39. The second kappa shape index (κ2) is 6.05. The molecule has 2 rings (SSSR count). The summed E-state index contributed by atoms with van der Waals surface area (Å²) in [5, 5.41) is 0. The smallest absolute Gasteiger partial charge is 0.417 e. The van der Waals surface area contributed by atoms with Gasteiger partial charge < -0.3 is 4.74 Å². The molecule has 0 aliphatic carbocycles. The van der Waals surface area contributed by atoms with E-state index >= 15 is 0 Å². The van der Waals surface area contributed by atoms with Gasteiger partial charge in [0.15, 0.2) is 0 Å². The van der Waals surface area contributed by atoms with E-state index in [9.17, 15) is 22.8 Å². The highest BCUT2D eigenvalue weighted by Gasteiger charge is 2.31. The third-order valence-corrected chi connectivity index (χ3v) is 2.87. The lowest BCUT2D eigenvalue weighted by atomic mass is 10.2. The lowest BCUT2D eigenvalue weighted by Gasteiger charge is -2.11. The Morgan fingerprint density at radius 1 is 1.23 bits per heavy atom. The highest BCUT2D eigenvalue weighted by molar-refractivity contribution is 5.90. The summed E-state index contributed by atoms with van der Waals surface area (Å²) in [6, 6.07) is 7.21. The van der Waals surface area contributed by atoms with E-state index in [1.807, 2.05) is 0 Å². The van der Waals surface area contributed by atoms with Crippen LogP contribution in [0, 0.1) is 0 Å². The van der Waals surface area contributed by atoms with Crippen molar-refractivity contribution in [3.63, 3.8) is 0 Å². The highest BCUT2D eigenvalue weighted by Crippen LogP contribution is 2.28. The first-order chi connectivity index (χ1) is 10.3. The Bertz CT molecular complexity index is 750. The van der Waals surface area contributed by atoms with Gasteiger partial charge in [0.2, 0.25) is 0 Å². The molecular formula is C15H12F3NO3. The van der Waals surface area contributed by atoms with Crippen molar-refractivity contribution in [3.05, 3.63) is 64.1 Å². The average Bonchev–Trinajstić information content (AvgIpc) is 2.47. The summed E-state index contributed by atoms with van der Waals surface area (Å²) in [6.07, 6.45) is -3.86. The lowest BCUT2D eigenvalue weighted by molar-refractivity contribution is -0.138. The number of nitrogens with zero attached hydrogens (tertiary/aromatic N) is 1. The van der Waals surface area contributed by atoms with Crippen LogP contribution < -0.4 is 5.56 Å². The maximum Gasteiger partial charge on any atom is 0.417 e. The number of ether oxygens (including phenoxy) is 1. The van der Waals surface area contributed by atoms with Crippen molar-refractivity contribution in [2.24, 2.45) is 0 Å². The molecule has 0 N–H and O–H groups in total. The summed E-state index contributed by atoms with van der Waals surface area (Å²) in [5.74, 6) is -0.607. The van der Waals surface area contributed by atoms with E-state index in [-0.39, 0.29) is 17.9 Å². The Kier molecular flexibility index (Phi) is 4.35. The molecule has 0 fully saturated rings. The molecule has 0 amide bonds. The fourth-order valence-electron chi connectivity index (χ4n) is 1.85. The highest BCUT2D eigenvalue weighted by atomic mass is 19.4. The number of alkyl halides is 3. The van der Waals surface area contributed by atoms with Gasteiger partial charge in [-0.3, -0.25) is 9.36 Å². The van der Waals surface area contributed by atoms with Crippen LogP contribution >= 0.6 is 0 Å². The number of halogens is 3. The number of hydrogen-bond acceptors (Lipinski definition) is 3. The van der Waals surface area contributed by atoms with Crippen molar-refractivity contribution < 1.29 is 22.7 Å². The van der Waals surface area contributed by atoms with Crippen LogP contribution in [0.4, 0.5) is 13.2 Å². The van der Waals surface area contributed by atoms with Crippen molar-refractivity contribution in [1.82, 2.24) is 4.57 Å². The third kappa shape index (κ3) is 3.36. The molecule has 0 bridgehead atoms. The van der Waals surface area contributed by atoms with Gasteiger partial charge in [0, 0.05) is 18.0 Å². The summed E-state index contributed by atoms with van der Waals surface area (Å²) in [5.41, 5.74) is -1.27. The SMILES string of the molecule is CCOC(=O)c1cccc(-n2cc(C(F)(F)F)ccc2=O)c1. The molecule has 0 unspecified atom stereocenters. The van der Waals surface area contributed by atoms with Gasteiger partial charge in [0.25, 0.3) is 5.56 Å². The number of carbonyl (C=O) groups is 1. The first kappa shape index (κ1) is 15.8. The zero-order chi connectivity index (χ0) is 16.3. The predicted molar refractivity (Wildman–Crippen MR) is 73.0 cm³/mol. The molecule has 4 nitrogen and oxygen atoms in total. The van der Waals surface area contributed by atoms with E-state index in [0.29, 0.717) is 12.3 Å². The van der Waals surface area contributed by atoms with Gasteiger partial charge in [-0.2, -0.15) is 13.2 Å². The molecule has 0 atom stereocenters. The van der Waals surface area contributed by atoms with Crippen LogP contribution in [-0.2, 0) is 10.9 Å². The van der Waals surface area contributed by atoms with E-state index < -0.39 is 23.3 Å². The van der Waals surface area contributed by atoms with Gasteiger partial charge in [-0.15, -0.1) is 0 Å². The van der Waals surface area contributed by atoms with Gasteiger partial charge in [-0.1, -0.05) is 6.07 Å². The standard InChI is InChI=1S/C15H12F3NO3/c1-2-22-14(21)10-4-3-5-12(8-10)19-9-11(15(16,17)18)6-7-13(19)20/h3-9H,2H2,1H3. The van der Waals surface area contributed by atoms with Gasteiger partial charge >= 0.3 is 12.1 Å². The van der Waals surface area contributed by atoms with Crippen LogP contribution in [0.2, 0.25) is 0 Å². The molecule has 0 aliphatic rings. The Hall–Kier alpha value is -2.57. The van der Waals surface area contributed by atoms with Crippen LogP contribution in [0.5, 0.6) is 0 Å². The zero-order valence-electron chi connectivity index (χ0n) is 11.6. The Labute approximate surface area is 123 Å². The molecule has 0 saturated heterocycles. The minimum Gasteiger partial charge on any atom is -0.462 e. The number of carbonyl (C=O) groups excluding carboxylic acids is 1. The van der Waals surface area contributed by atoms with Crippen molar-refractivity contribution in [2.45, 2.75) is 13.1 Å². The van der Waals surface area contributed by atoms with Crippen molar-refractivity contribution in [3.8, 4) is 5.69 Å². The van der Waals surface area contributed by atoms with E-state index in [1.165, 1.54) is 24.3 Å². The molecule has 0 aliphatic heterocycles. The first-order valence-corrected chi connectivity index (χ1v) is 6.40. The summed E-state index contributed by atoms with van der Waals surface area (Å²) in [4.78, 5) is 23.4. The number of hydrogen-bond donors (Lipinski definition) is 0. The topological polar surface area (TPSA) is 48.3 Å². The normalized spacial score (nSPS) is 11.3. The quantitative estimate of drug-likeness (QED) is 0.819. The summed E-state index contributed by atoms with van der Waals surface area (Å²) >= 11 is 0. The maximum absolute atomic E-state index is 12.7. The summed E-state index contributed by atoms with van der Waals surface area (Å²) in [7, 11) is 0. The molecule has 1 heterocycles. The average molecular weight is 311 g/mol. The van der Waals surface area contributed by atoms with Gasteiger partial charge in [-0.25, -0.2) is 4.79 Å². The lowest BCUT2D eigenvalue weighted by Crippen LogP contribution is -2.20. The fourth-order valence-corrected chi connectivity index (χ4v) is 1.85. The number of aromatic nitrogens is 1. The Morgan fingerprint density at radius 2 is 1.95 bits per heavy atom. The van der Waals surface area contributed by atoms with Gasteiger partial charge in [0.05, 0.1) is 17.7 Å². The molecule has 0 radical (unpaired) electrons.